The molecule has 4 N–H and O–H groups in total. The van der Waals surface area contributed by atoms with E-state index in [0.717, 1.165) is 43.9 Å². The van der Waals surface area contributed by atoms with Crippen molar-refractivity contribution in [2.75, 3.05) is 32.0 Å². The number of nitrogens with zero attached hydrogens (tertiary/aromatic N) is 2. The summed E-state index contributed by atoms with van der Waals surface area (Å²) in [6.45, 7) is 9.77. The van der Waals surface area contributed by atoms with Crippen molar-refractivity contribution in [1.82, 2.24) is 9.88 Å². The molecule has 0 aliphatic carbocycles. The molecule has 1 aliphatic heterocycles. The Morgan fingerprint density at radius 1 is 1.45 bits per heavy atom. The molecule has 2 rings (SSSR count). The third kappa shape index (κ3) is 2.80. The van der Waals surface area contributed by atoms with E-state index in [1.165, 1.54) is 0 Å². The van der Waals surface area contributed by atoms with Crippen molar-refractivity contribution in [3.63, 3.8) is 0 Å². The van der Waals surface area contributed by atoms with Gasteiger partial charge in [0.25, 0.3) is 0 Å². The van der Waals surface area contributed by atoms with Crippen LogP contribution in [0, 0.1) is 6.92 Å². The Kier molecular flexibility index (Phi) is 4.62. The average Bonchev–Trinajstić information content (AvgIpc) is 2.49. The molecule has 1 fully saturated rings. The van der Waals surface area contributed by atoms with E-state index < -0.39 is 0 Å². The fourth-order valence-corrected chi connectivity index (χ4v) is 2.90. The second-order valence-electron chi connectivity index (χ2n) is 5.77. The van der Waals surface area contributed by atoms with Crippen LogP contribution in [0.1, 0.15) is 37.4 Å². The fourth-order valence-electron chi connectivity index (χ4n) is 2.90. The second-order valence-corrected chi connectivity index (χ2v) is 5.77. The van der Waals surface area contributed by atoms with Crippen molar-refractivity contribution in [1.29, 1.82) is 0 Å². The Morgan fingerprint density at radius 3 is 2.70 bits per heavy atom. The normalized spacial score (nSPS) is 21.4. The lowest BCUT2D eigenvalue weighted by Crippen LogP contribution is -2.56. The summed E-state index contributed by atoms with van der Waals surface area (Å²) < 4.78 is 5.45. The summed E-state index contributed by atoms with van der Waals surface area (Å²) in [6, 6.07) is 1.90. The Balaban J connectivity index is 2.31. The molecule has 0 saturated carbocycles. The number of pyridine rings is 1. The molecule has 1 aromatic rings. The first-order valence-electron chi connectivity index (χ1n) is 7.29. The number of nitrogen functional groups attached to an aromatic ring is 1. The molecule has 5 heteroatoms. The van der Waals surface area contributed by atoms with Gasteiger partial charge in [-0.15, -0.1) is 0 Å². The zero-order valence-corrected chi connectivity index (χ0v) is 12.7. The highest BCUT2D eigenvalue weighted by molar-refractivity contribution is 5.44. The van der Waals surface area contributed by atoms with E-state index in [2.05, 4.69) is 29.8 Å². The van der Waals surface area contributed by atoms with Crippen LogP contribution in [0.4, 0.5) is 5.82 Å². The molecule has 0 amide bonds. The lowest BCUT2D eigenvalue weighted by Gasteiger charge is -2.46. The maximum Gasteiger partial charge on any atom is 0.128 e. The van der Waals surface area contributed by atoms with Crippen molar-refractivity contribution < 1.29 is 4.74 Å². The highest BCUT2D eigenvalue weighted by atomic mass is 16.5. The van der Waals surface area contributed by atoms with Gasteiger partial charge in [0.15, 0.2) is 0 Å². The van der Waals surface area contributed by atoms with Gasteiger partial charge in [-0.2, -0.15) is 0 Å². The lowest BCUT2D eigenvalue weighted by atomic mass is 9.83. The number of anilines is 1. The summed E-state index contributed by atoms with van der Waals surface area (Å²) in [5, 5.41) is 0. The first-order chi connectivity index (χ1) is 9.49. The molecule has 0 bridgehead atoms. The van der Waals surface area contributed by atoms with Crippen molar-refractivity contribution in [2.45, 2.75) is 38.8 Å². The highest BCUT2D eigenvalue weighted by Gasteiger charge is 2.38. The largest absolute Gasteiger partial charge is 0.383 e. The van der Waals surface area contributed by atoms with Crippen LogP contribution in [0.2, 0.25) is 0 Å². The third-order valence-electron chi connectivity index (χ3n) is 4.54. The van der Waals surface area contributed by atoms with Crippen LogP contribution in [-0.2, 0) is 4.74 Å². The fraction of sp³-hybridized carbons (Fsp3) is 0.667. The average molecular weight is 278 g/mol. The first kappa shape index (κ1) is 15.2. The Bertz CT molecular complexity index is 459. The van der Waals surface area contributed by atoms with Crippen LogP contribution in [0.25, 0.3) is 0 Å². The minimum Gasteiger partial charge on any atom is -0.383 e. The topological polar surface area (TPSA) is 77.4 Å². The number of nitrogens with two attached hydrogens (primary N) is 2. The quantitative estimate of drug-likeness (QED) is 0.872. The molecule has 1 aliphatic rings. The summed E-state index contributed by atoms with van der Waals surface area (Å²) in [5.41, 5.74) is 14.5. The van der Waals surface area contributed by atoms with E-state index >= 15 is 0 Å². The molecule has 20 heavy (non-hydrogen) atoms. The van der Waals surface area contributed by atoms with E-state index in [-0.39, 0.29) is 11.6 Å². The minimum absolute atomic E-state index is 0.132. The van der Waals surface area contributed by atoms with Gasteiger partial charge in [0.2, 0.25) is 0 Å². The van der Waals surface area contributed by atoms with E-state index in [1.807, 2.05) is 6.92 Å². The van der Waals surface area contributed by atoms with Gasteiger partial charge in [0.1, 0.15) is 5.82 Å². The van der Waals surface area contributed by atoms with Gasteiger partial charge in [-0.3, -0.25) is 4.90 Å². The lowest BCUT2D eigenvalue weighted by molar-refractivity contribution is -0.0277. The molecule has 112 valence electrons. The number of morpholine rings is 1. The van der Waals surface area contributed by atoms with Gasteiger partial charge >= 0.3 is 0 Å². The highest BCUT2D eigenvalue weighted by Crippen LogP contribution is 2.35. The predicted molar refractivity (Wildman–Crippen MR) is 81.4 cm³/mol. The van der Waals surface area contributed by atoms with E-state index in [1.54, 1.807) is 6.20 Å². The van der Waals surface area contributed by atoms with Crippen molar-refractivity contribution in [3.8, 4) is 0 Å². The standard InChI is InChI=1S/C15H26N4O/c1-4-15(3,19-5-7-20-8-6-19)13(16)12-9-11(2)10-18-14(12)17/h9-10,13H,4-8,16H2,1-3H3,(H2,17,18). The van der Waals surface area contributed by atoms with E-state index in [4.69, 9.17) is 16.2 Å². The maximum atomic E-state index is 6.58. The van der Waals surface area contributed by atoms with Crippen molar-refractivity contribution in [3.05, 3.63) is 23.4 Å². The van der Waals surface area contributed by atoms with Crippen LogP contribution in [0.5, 0.6) is 0 Å². The molecule has 2 unspecified atom stereocenters. The molecule has 2 heterocycles. The smallest absolute Gasteiger partial charge is 0.128 e. The number of rotatable bonds is 4. The molecular weight excluding hydrogens is 252 g/mol. The minimum atomic E-state index is -0.155. The van der Waals surface area contributed by atoms with Gasteiger partial charge < -0.3 is 16.2 Å². The van der Waals surface area contributed by atoms with E-state index in [9.17, 15) is 0 Å². The summed E-state index contributed by atoms with van der Waals surface area (Å²) in [4.78, 5) is 6.67. The Hall–Kier alpha value is -1.17. The van der Waals surface area contributed by atoms with Crippen LogP contribution in [0.15, 0.2) is 12.3 Å². The number of hydrogen-bond donors (Lipinski definition) is 2. The molecule has 2 atom stereocenters. The first-order valence-corrected chi connectivity index (χ1v) is 7.29. The van der Waals surface area contributed by atoms with Crippen LogP contribution in [0.3, 0.4) is 0 Å². The summed E-state index contributed by atoms with van der Waals surface area (Å²) in [7, 11) is 0. The molecule has 1 aromatic heterocycles. The van der Waals surface area contributed by atoms with Gasteiger partial charge in [-0.1, -0.05) is 6.92 Å². The zero-order chi connectivity index (χ0) is 14.8. The van der Waals surface area contributed by atoms with Crippen LogP contribution >= 0.6 is 0 Å². The summed E-state index contributed by atoms with van der Waals surface area (Å²) in [6.07, 6.45) is 2.74. The summed E-state index contributed by atoms with van der Waals surface area (Å²) >= 11 is 0. The molecule has 0 radical (unpaired) electrons. The zero-order valence-electron chi connectivity index (χ0n) is 12.7. The second kappa shape index (κ2) is 6.08. The molecule has 1 saturated heterocycles. The van der Waals surface area contributed by atoms with Crippen molar-refractivity contribution in [2.24, 2.45) is 5.73 Å². The Morgan fingerprint density at radius 2 is 2.10 bits per heavy atom. The van der Waals surface area contributed by atoms with Gasteiger partial charge in [-0.05, 0) is 31.9 Å². The van der Waals surface area contributed by atoms with Crippen LogP contribution in [-0.4, -0.2) is 41.7 Å². The van der Waals surface area contributed by atoms with Gasteiger partial charge in [0, 0.05) is 30.4 Å². The van der Waals surface area contributed by atoms with E-state index in [0.29, 0.717) is 5.82 Å². The number of aryl methyl sites for hydroxylation is 1. The monoisotopic (exact) mass is 278 g/mol. The Labute approximate surface area is 121 Å². The van der Waals surface area contributed by atoms with Gasteiger partial charge in [-0.25, -0.2) is 4.98 Å². The number of aromatic nitrogens is 1. The molecule has 0 aromatic carbocycles. The van der Waals surface area contributed by atoms with Gasteiger partial charge in [0.05, 0.1) is 19.3 Å². The maximum absolute atomic E-state index is 6.58. The SMILES string of the molecule is CCC(C)(C(N)c1cc(C)cnc1N)N1CCOCC1. The third-order valence-corrected chi connectivity index (χ3v) is 4.54. The van der Waals surface area contributed by atoms with Crippen molar-refractivity contribution >= 4 is 5.82 Å². The number of ether oxygens (including phenoxy) is 1. The predicted octanol–water partition coefficient (Wildman–Crippen LogP) is 1.47. The number of hydrogen-bond acceptors (Lipinski definition) is 5. The molecule has 0 spiro atoms. The molecular formula is C15H26N4O. The summed E-state index contributed by atoms with van der Waals surface area (Å²) in [5.74, 6) is 0.538. The molecule has 5 nitrogen and oxygen atoms in total. The van der Waals surface area contributed by atoms with Crippen LogP contribution < -0.4 is 11.5 Å².